The predicted octanol–water partition coefficient (Wildman–Crippen LogP) is 3.17. The number of amides is 1. The molecule has 138 valence electrons. The lowest BCUT2D eigenvalue weighted by molar-refractivity contribution is 0.0951. The largest absolute Gasteiger partial charge is 0.496 e. The van der Waals surface area contributed by atoms with Gasteiger partial charge >= 0.3 is 0 Å². The highest BCUT2D eigenvalue weighted by Gasteiger charge is 2.17. The molecule has 3 aromatic rings. The molecule has 1 amide bonds. The van der Waals surface area contributed by atoms with Crippen molar-refractivity contribution in [1.82, 2.24) is 15.3 Å². The fraction of sp³-hybridized carbons (Fsp3) is 0.286. The number of anilines is 1. The second-order valence-electron chi connectivity index (χ2n) is 6.62. The molecule has 6 heteroatoms. The normalized spacial score (nSPS) is 13.7. The Bertz CT molecular complexity index is 967. The number of aromatic nitrogens is 2. The van der Waals surface area contributed by atoms with Gasteiger partial charge in [0.2, 0.25) is 0 Å². The van der Waals surface area contributed by atoms with E-state index < -0.39 is 0 Å². The van der Waals surface area contributed by atoms with E-state index in [9.17, 15) is 4.79 Å². The third-order valence-electron chi connectivity index (χ3n) is 4.91. The van der Waals surface area contributed by atoms with E-state index >= 15 is 0 Å². The van der Waals surface area contributed by atoms with Crippen molar-refractivity contribution in [2.75, 3.05) is 25.1 Å². The third-order valence-corrected chi connectivity index (χ3v) is 4.91. The summed E-state index contributed by atoms with van der Waals surface area (Å²) in [4.78, 5) is 23.8. The number of nitrogens with zero attached hydrogens (tertiary/aromatic N) is 3. The van der Waals surface area contributed by atoms with Crippen LogP contribution < -0.4 is 15.0 Å². The monoisotopic (exact) mass is 362 g/mol. The summed E-state index contributed by atoms with van der Waals surface area (Å²) in [6, 6.07) is 13.2. The van der Waals surface area contributed by atoms with Crippen molar-refractivity contribution in [1.29, 1.82) is 0 Å². The number of nitrogens with one attached hydrogen (secondary N) is 1. The summed E-state index contributed by atoms with van der Waals surface area (Å²) in [7, 11) is 1.63. The quantitative estimate of drug-likeness (QED) is 0.755. The number of ether oxygens (including phenoxy) is 1. The van der Waals surface area contributed by atoms with Crippen LogP contribution in [0.15, 0.2) is 48.8 Å². The van der Waals surface area contributed by atoms with Gasteiger partial charge in [0.15, 0.2) is 0 Å². The number of carbonyl (C=O) groups excluding carboxylic acids is 1. The van der Waals surface area contributed by atoms with E-state index in [0.717, 1.165) is 41.1 Å². The van der Waals surface area contributed by atoms with Crippen molar-refractivity contribution in [3.8, 4) is 5.75 Å². The SMILES string of the molecule is COc1ccccc1CNC(=O)c1ccc2ncnc(N3CCCC3)c2c1. The van der Waals surface area contributed by atoms with Crippen molar-refractivity contribution in [2.45, 2.75) is 19.4 Å². The Morgan fingerprint density at radius 2 is 1.96 bits per heavy atom. The molecule has 0 aliphatic carbocycles. The van der Waals surface area contributed by atoms with Gasteiger partial charge in [-0.1, -0.05) is 18.2 Å². The molecule has 6 nitrogen and oxygen atoms in total. The maximum absolute atomic E-state index is 12.7. The van der Waals surface area contributed by atoms with E-state index in [1.807, 2.05) is 36.4 Å². The number of hydrogen-bond acceptors (Lipinski definition) is 5. The number of para-hydroxylation sites is 1. The number of methoxy groups -OCH3 is 1. The average Bonchev–Trinajstić information content (AvgIpc) is 3.26. The predicted molar refractivity (Wildman–Crippen MR) is 105 cm³/mol. The van der Waals surface area contributed by atoms with Crippen LogP contribution in [0.5, 0.6) is 5.75 Å². The highest BCUT2D eigenvalue weighted by atomic mass is 16.5. The molecule has 0 atom stereocenters. The molecule has 1 aliphatic rings. The van der Waals surface area contributed by atoms with Crippen LogP contribution in [0.4, 0.5) is 5.82 Å². The number of fused-ring (bicyclic) bond motifs is 1. The molecular formula is C21H22N4O2. The molecule has 1 saturated heterocycles. The number of benzene rings is 2. The van der Waals surface area contributed by atoms with Crippen LogP contribution >= 0.6 is 0 Å². The summed E-state index contributed by atoms with van der Waals surface area (Å²) in [6.07, 6.45) is 3.94. The lowest BCUT2D eigenvalue weighted by Gasteiger charge is -2.18. The standard InChI is InChI=1S/C21H22N4O2/c1-27-19-7-3-2-6-16(19)13-22-21(26)15-8-9-18-17(12-15)20(24-14-23-18)25-10-4-5-11-25/h2-3,6-9,12,14H,4-5,10-11,13H2,1H3,(H,22,26). The molecule has 1 aromatic heterocycles. The van der Waals surface area contributed by atoms with Crippen LogP contribution in [0.2, 0.25) is 0 Å². The minimum atomic E-state index is -0.126. The van der Waals surface area contributed by atoms with Gasteiger partial charge in [0.05, 0.1) is 12.6 Å². The van der Waals surface area contributed by atoms with E-state index in [-0.39, 0.29) is 5.91 Å². The Balaban J connectivity index is 1.57. The zero-order chi connectivity index (χ0) is 18.6. The van der Waals surface area contributed by atoms with Crippen molar-refractivity contribution >= 4 is 22.6 Å². The summed E-state index contributed by atoms with van der Waals surface area (Å²) in [5.74, 6) is 1.55. The second-order valence-corrected chi connectivity index (χ2v) is 6.62. The smallest absolute Gasteiger partial charge is 0.251 e. The number of rotatable bonds is 5. The molecule has 2 aromatic carbocycles. The molecular weight excluding hydrogens is 340 g/mol. The van der Waals surface area contributed by atoms with Crippen LogP contribution in [0.3, 0.4) is 0 Å². The van der Waals surface area contributed by atoms with Gasteiger partial charge in [0.25, 0.3) is 5.91 Å². The van der Waals surface area contributed by atoms with Gasteiger partial charge < -0.3 is 15.0 Å². The lowest BCUT2D eigenvalue weighted by atomic mass is 10.1. The molecule has 1 aliphatic heterocycles. The van der Waals surface area contributed by atoms with Crippen LogP contribution in [-0.2, 0) is 6.54 Å². The molecule has 0 radical (unpaired) electrons. The Labute approximate surface area is 158 Å². The van der Waals surface area contributed by atoms with Crippen molar-refractivity contribution in [3.05, 3.63) is 59.9 Å². The van der Waals surface area contributed by atoms with Gasteiger partial charge in [-0.25, -0.2) is 9.97 Å². The molecule has 0 saturated carbocycles. The first-order valence-electron chi connectivity index (χ1n) is 9.16. The molecule has 0 spiro atoms. The number of hydrogen-bond donors (Lipinski definition) is 1. The highest BCUT2D eigenvalue weighted by molar-refractivity contribution is 6.00. The zero-order valence-corrected chi connectivity index (χ0v) is 15.3. The summed E-state index contributed by atoms with van der Waals surface area (Å²) < 4.78 is 5.34. The van der Waals surface area contributed by atoms with E-state index in [2.05, 4.69) is 20.2 Å². The van der Waals surface area contributed by atoms with E-state index in [1.54, 1.807) is 19.5 Å². The van der Waals surface area contributed by atoms with Gasteiger partial charge in [-0.05, 0) is 37.1 Å². The fourth-order valence-corrected chi connectivity index (χ4v) is 3.49. The zero-order valence-electron chi connectivity index (χ0n) is 15.3. The van der Waals surface area contributed by atoms with E-state index in [4.69, 9.17) is 4.74 Å². The van der Waals surface area contributed by atoms with Crippen LogP contribution in [0.1, 0.15) is 28.8 Å². The Morgan fingerprint density at radius 3 is 2.78 bits per heavy atom. The topological polar surface area (TPSA) is 67.3 Å². The Morgan fingerprint density at radius 1 is 1.15 bits per heavy atom. The first-order valence-corrected chi connectivity index (χ1v) is 9.16. The molecule has 27 heavy (non-hydrogen) atoms. The van der Waals surface area contributed by atoms with Gasteiger partial charge in [0, 0.05) is 36.1 Å². The molecule has 0 bridgehead atoms. The Hall–Kier alpha value is -3.15. The highest BCUT2D eigenvalue weighted by Crippen LogP contribution is 2.27. The van der Waals surface area contributed by atoms with Crippen molar-refractivity contribution < 1.29 is 9.53 Å². The fourth-order valence-electron chi connectivity index (χ4n) is 3.49. The van der Waals surface area contributed by atoms with Crippen molar-refractivity contribution in [3.63, 3.8) is 0 Å². The third kappa shape index (κ3) is 3.56. The van der Waals surface area contributed by atoms with Crippen LogP contribution in [-0.4, -0.2) is 36.1 Å². The minimum Gasteiger partial charge on any atom is -0.496 e. The van der Waals surface area contributed by atoms with Crippen LogP contribution in [0.25, 0.3) is 10.9 Å². The van der Waals surface area contributed by atoms with Gasteiger partial charge in [-0.15, -0.1) is 0 Å². The molecule has 2 heterocycles. The van der Waals surface area contributed by atoms with E-state index in [1.165, 1.54) is 12.8 Å². The average molecular weight is 362 g/mol. The second kappa shape index (κ2) is 7.61. The number of carbonyl (C=O) groups is 1. The lowest BCUT2D eigenvalue weighted by Crippen LogP contribution is -2.23. The summed E-state index contributed by atoms with van der Waals surface area (Å²) >= 11 is 0. The summed E-state index contributed by atoms with van der Waals surface area (Å²) in [5, 5.41) is 3.89. The molecule has 0 unspecified atom stereocenters. The maximum atomic E-state index is 12.7. The Kier molecular flexibility index (Phi) is 4.87. The first-order chi connectivity index (χ1) is 13.3. The van der Waals surface area contributed by atoms with Crippen LogP contribution in [0, 0.1) is 0 Å². The maximum Gasteiger partial charge on any atom is 0.251 e. The minimum absolute atomic E-state index is 0.126. The van der Waals surface area contributed by atoms with Gasteiger partial charge in [-0.2, -0.15) is 0 Å². The summed E-state index contributed by atoms with van der Waals surface area (Å²) in [5.41, 5.74) is 2.40. The van der Waals surface area contributed by atoms with Crippen molar-refractivity contribution in [2.24, 2.45) is 0 Å². The summed E-state index contributed by atoms with van der Waals surface area (Å²) in [6.45, 7) is 2.40. The van der Waals surface area contributed by atoms with Gasteiger partial charge in [0.1, 0.15) is 17.9 Å². The first kappa shape index (κ1) is 17.3. The molecule has 1 N–H and O–H groups in total. The van der Waals surface area contributed by atoms with Gasteiger partial charge in [-0.3, -0.25) is 4.79 Å². The molecule has 1 fully saturated rings. The van der Waals surface area contributed by atoms with E-state index in [0.29, 0.717) is 12.1 Å². The molecule has 4 rings (SSSR count).